The van der Waals surface area contributed by atoms with Crippen molar-refractivity contribution < 1.29 is 4.42 Å². The summed E-state index contributed by atoms with van der Waals surface area (Å²) >= 11 is 0. The second-order valence-electron chi connectivity index (χ2n) is 13.9. The number of furan rings is 1. The van der Waals surface area contributed by atoms with Crippen molar-refractivity contribution in [3.63, 3.8) is 0 Å². The van der Waals surface area contributed by atoms with Gasteiger partial charge in [0, 0.05) is 44.6 Å². The lowest BCUT2D eigenvalue weighted by Gasteiger charge is -2.21. The molecule has 0 aliphatic heterocycles. The van der Waals surface area contributed by atoms with Gasteiger partial charge in [0.2, 0.25) is 0 Å². The average Bonchev–Trinajstić information content (AvgIpc) is 3.70. The second kappa shape index (κ2) is 11.7. The Morgan fingerprint density at radius 1 is 0.442 bits per heavy atom. The normalized spacial score (nSPS) is 13.0. The molecule has 3 heterocycles. The minimum Gasteiger partial charge on any atom is -0.456 e. The van der Waals surface area contributed by atoms with Crippen LogP contribution in [0.2, 0.25) is 0 Å². The molecule has 0 fully saturated rings. The van der Waals surface area contributed by atoms with Crippen LogP contribution in [-0.4, -0.2) is 19.9 Å². The van der Waals surface area contributed by atoms with Crippen molar-refractivity contribution in [2.24, 2.45) is 0 Å². The molecule has 52 heavy (non-hydrogen) atoms. The summed E-state index contributed by atoms with van der Waals surface area (Å²) in [7, 11) is 0. The third kappa shape index (κ3) is 4.85. The molecule has 246 valence electrons. The van der Waals surface area contributed by atoms with Crippen molar-refractivity contribution >= 4 is 21.9 Å². The van der Waals surface area contributed by atoms with E-state index in [1.165, 1.54) is 22.3 Å². The van der Waals surface area contributed by atoms with Crippen LogP contribution >= 0.6 is 0 Å². The summed E-state index contributed by atoms with van der Waals surface area (Å²) in [6.07, 6.45) is 1.82. The van der Waals surface area contributed by atoms with E-state index >= 15 is 0 Å². The van der Waals surface area contributed by atoms with E-state index in [2.05, 4.69) is 110 Å². The highest BCUT2D eigenvalue weighted by atomic mass is 16.3. The molecule has 1 aliphatic rings. The summed E-state index contributed by atoms with van der Waals surface area (Å²) in [5.41, 5.74) is 13.7. The second-order valence-corrected chi connectivity index (χ2v) is 13.9. The van der Waals surface area contributed by atoms with Crippen molar-refractivity contribution in [1.29, 1.82) is 0 Å². The van der Waals surface area contributed by atoms with E-state index in [1.807, 2.05) is 66.9 Å². The van der Waals surface area contributed by atoms with Gasteiger partial charge in [-0.3, -0.25) is 4.98 Å². The Hall–Kier alpha value is -6.72. The summed E-state index contributed by atoms with van der Waals surface area (Å²) in [5, 5.41) is 1.99. The molecule has 0 saturated heterocycles. The Labute approximate surface area is 301 Å². The number of hydrogen-bond donors (Lipinski definition) is 0. The number of nitrogens with zero attached hydrogens (tertiary/aromatic N) is 4. The monoisotopic (exact) mass is 668 g/mol. The molecule has 0 spiro atoms. The molecule has 0 amide bonds. The Bertz CT molecular complexity index is 2800. The SMILES string of the molecule is CC1(C)c2ccccc2-c2ccc(-c3nc(-c4ccccc4)nc(-c4cccc5oc6ccc(-c7ccc(-c8ccccn8)cc7)cc6c45)n3)cc21. The van der Waals surface area contributed by atoms with Gasteiger partial charge in [-0.25, -0.2) is 15.0 Å². The number of fused-ring (bicyclic) bond motifs is 6. The van der Waals surface area contributed by atoms with Gasteiger partial charge in [0.25, 0.3) is 0 Å². The summed E-state index contributed by atoms with van der Waals surface area (Å²) in [6, 6.07) is 52.5. The molecule has 0 N–H and O–H groups in total. The lowest BCUT2D eigenvalue weighted by molar-refractivity contribution is 0.660. The molecule has 0 radical (unpaired) electrons. The van der Waals surface area contributed by atoms with Crippen molar-refractivity contribution in [1.82, 2.24) is 19.9 Å². The molecule has 9 aromatic rings. The highest BCUT2D eigenvalue weighted by Gasteiger charge is 2.35. The molecule has 6 aromatic carbocycles. The molecule has 0 saturated carbocycles. The van der Waals surface area contributed by atoms with Crippen molar-refractivity contribution in [2.75, 3.05) is 0 Å². The molecular weight excluding hydrogens is 637 g/mol. The van der Waals surface area contributed by atoms with Crippen molar-refractivity contribution in [3.05, 3.63) is 169 Å². The van der Waals surface area contributed by atoms with Crippen LogP contribution in [0, 0.1) is 0 Å². The maximum atomic E-state index is 6.44. The van der Waals surface area contributed by atoms with E-state index in [1.54, 1.807) is 0 Å². The standard InChI is InChI=1S/C47H32N4O/c1-47(2)38-15-7-6-13-34(38)35-24-22-33(28-39(35)47)45-49-44(31-11-4-3-5-12-31)50-46(51-45)36-14-10-17-42-43(36)37-27-32(23-25-41(37)52-42)29-18-20-30(21-19-29)40-16-8-9-26-48-40/h3-28H,1-2H3. The van der Waals surface area contributed by atoms with Gasteiger partial charge in [-0.1, -0.05) is 129 Å². The number of aromatic nitrogens is 4. The van der Waals surface area contributed by atoms with Gasteiger partial charge in [0.05, 0.1) is 5.69 Å². The maximum Gasteiger partial charge on any atom is 0.164 e. The van der Waals surface area contributed by atoms with Gasteiger partial charge in [-0.15, -0.1) is 0 Å². The predicted octanol–water partition coefficient (Wildman–Crippen LogP) is 11.8. The van der Waals surface area contributed by atoms with Gasteiger partial charge >= 0.3 is 0 Å². The number of rotatable bonds is 5. The summed E-state index contributed by atoms with van der Waals surface area (Å²) in [5.74, 6) is 1.87. The topological polar surface area (TPSA) is 64.7 Å². The third-order valence-electron chi connectivity index (χ3n) is 10.4. The molecule has 0 unspecified atom stereocenters. The van der Waals surface area contributed by atoms with Gasteiger partial charge in [0.15, 0.2) is 17.5 Å². The largest absolute Gasteiger partial charge is 0.456 e. The summed E-state index contributed by atoms with van der Waals surface area (Å²) in [4.78, 5) is 19.9. The predicted molar refractivity (Wildman–Crippen MR) is 210 cm³/mol. The van der Waals surface area contributed by atoms with Gasteiger partial charge in [-0.2, -0.15) is 0 Å². The first-order chi connectivity index (χ1) is 25.5. The summed E-state index contributed by atoms with van der Waals surface area (Å²) in [6.45, 7) is 4.59. The fraction of sp³-hybridized carbons (Fsp3) is 0.0638. The van der Waals surface area contributed by atoms with Crippen LogP contribution in [0.5, 0.6) is 0 Å². The maximum absolute atomic E-state index is 6.44. The van der Waals surface area contributed by atoms with Gasteiger partial charge < -0.3 is 4.42 Å². The van der Waals surface area contributed by atoms with E-state index < -0.39 is 0 Å². The Morgan fingerprint density at radius 3 is 1.94 bits per heavy atom. The molecule has 10 rings (SSSR count). The van der Waals surface area contributed by atoms with Crippen LogP contribution in [0.15, 0.2) is 162 Å². The van der Waals surface area contributed by atoms with E-state index in [9.17, 15) is 0 Å². The van der Waals surface area contributed by atoms with Crippen LogP contribution in [0.25, 0.3) is 89.6 Å². The van der Waals surface area contributed by atoms with E-state index in [0.29, 0.717) is 17.5 Å². The molecule has 5 nitrogen and oxygen atoms in total. The molecule has 0 atom stereocenters. The van der Waals surface area contributed by atoms with Crippen LogP contribution in [0.4, 0.5) is 0 Å². The summed E-state index contributed by atoms with van der Waals surface area (Å²) < 4.78 is 6.44. The lowest BCUT2D eigenvalue weighted by Crippen LogP contribution is -2.15. The molecule has 5 heteroatoms. The fourth-order valence-corrected chi connectivity index (χ4v) is 7.74. The molecule has 3 aromatic heterocycles. The molecular formula is C47H32N4O. The van der Waals surface area contributed by atoms with Crippen LogP contribution in [0.1, 0.15) is 25.0 Å². The molecule has 0 bridgehead atoms. The third-order valence-corrected chi connectivity index (χ3v) is 10.4. The van der Waals surface area contributed by atoms with Crippen LogP contribution in [-0.2, 0) is 5.41 Å². The minimum atomic E-state index is -0.141. The smallest absolute Gasteiger partial charge is 0.164 e. The van der Waals surface area contributed by atoms with Gasteiger partial charge in [-0.05, 0) is 69.8 Å². The van der Waals surface area contributed by atoms with E-state index in [0.717, 1.165) is 61.0 Å². The zero-order valence-corrected chi connectivity index (χ0v) is 28.7. The molecule has 1 aliphatic carbocycles. The Balaban J connectivity index is 1.13. The zero-order chi connectivity index (χ0) is 34.8. The number of benzene rings is 6. The van der Waals surface area contributed by atoms with E-state index in [-0.39, 0.29) is 5.41 Å². The van der Waals surface area contributed by atoms with Crippen molar-refractivity contribution in [3.8, 4) is 67.7 Å². The van der Waals surface area contributed by atoms with Crippen LogP contribution in [0.3, 0.4) is 0 Å². The first-order valence-electron chi connectivity index (χ1n) is 17.5. The minimum absolute atomic E-state index is 0.141. The fourth-order valence-electron chi connectivity index (χ4n) is 7.74. The Morgan fingerprint density at radius 2 is 1.12 bits per heavy atom. The number of pyridine rings is 1. The van der Waals surface area contributed by atoms with Gasteiger partial charge in [0.1, 0.15) is 11.2 Å². The lowest BCUT2D eigenvalue weighted by atomic mass is 9.82. The average molecular weight is 669 g/mol. The van der Waals surface area contributed by atoms with Crippen molar-refractivity contribution in [2.45, 2.75) is 19.3 Å². The number of hydrogen-bond acceptors (Lipinski definition) is 5. The van der Waals surface area contributed by atoms with E-state index in [4.69, 9.17) is 19.4 Å². The zero-order valence-electron chi connectivity index (χ0n) is 28.7. The quantitative estimate of drug-likeness (QED) is 0.183. The Kier molecular flexibility index (Phi) is 6.77. The first kappa shape index (κ1) is 30.1. The van der Waals surface area contributed by atoms with Crippen LogP contribution < -0.4 is 0 Å². The first-order valence-corrected chi connectivity index (χ1v) is 17.5. The highest BCUT2D eigenvalue weighted by molar-refractivity contribution is 6.12. The highest BCUT2D eigenvalue weighted by Crippen LogP contribution is 2.49.